The van der Waals surface area contributed by atoms with Gasteiger partial charge < -0.3 is 15.2 Å². The molecule has 1 heterocycles. The van der Waals surface area contributed by atoms with Gasteiger partial charge in [0, 0.05) is 0 Å². The maximum Gasteiger partial charge on any atom is 0.340 e. The average molecular weight is 157 g/mol. The molecule has 1 rings (SSSR count). The second-order valence-corrected chi connectivity index (χ2v) is 2.09. The highest BCUT2D eigenvalue weighted by Gasteiger charge is 2.13. The minimum absolute atomic E-state index is 0.205. The van der Waals surface area contributed by atoms with Crippen LogP contribution in [0.3, 0.4) is 0 Å². The van der Waals surface area contributed by atoms with Crippen molar-refractivity contribution in [2.75, 3.05) is 0 Å². The Labute approximate surface area is 62.0 Å². The van der Waals surface area contributed by atoms with Crippen molar-refractivity contribution in [3.8, 4) is 0 Å². The number of aromatic nitrogens is 2. The van der Waals surface area contributed by atoms with Crippen LogP contribution in [0.25, 0.3) is 0 Å². The fourth-order valence-electron chi connectivity index (χ4n) is 0.632. The van der Waals surface area contributed by atoms with E-state index in [-0.39, 0.29) is 11.6 Å². The summed E-state index contributed by atoms with van der Waals surface area (Å²) in [5, 5.41) is 19.0. The number of rotatable bonds is 2. The molecule has 0 amide bonds. The van der Waals surface area contributed by atoms with Gasteiger partial charge in [-0.25, -0.2) is 9.97 Å². The number of nitrogens with zero attached hydrogens (tertiary/aromatic N) is 2. The van der Waals surface area contributed by atoms with Crippen molar-refractivity contribution in [1.82, 2.24) is 9.97 Å². The normalized spacial score (nSPS) is 12.9. The number of hydrogen-bond acceptors (Lipinski definition) is 4. The van der Waals surface area contributed by atoms with E-state index in [1.165, 1.54) is 6.92 Å². The second-order valence-electron chi connectivity index (χ2n) is 2.09. The van der Waals surface area contributed by atoms with E-state index in [0.717, 1.165) is 6.20 Å². The summed E-state index contributed by atoms with van der Waals surface area (Å²) in [6.45, 7) is 1.47. The van der Waals surface area contributed by atoms with E-state index in [9.17, 15) is 10.1 Å². The lowest BCUT2D eigenvalue weighted by Crippen LogP contribution is -1.94. The van der Waals surface area contributed by atoms with Crippen LogP contribution in [0, 0.1) is 10.1 Å². The Morgan fingerprint density at radius 2 is 2.55 bits per heavy atom. The third-order valence-electron chi connectivity index (χ3n) is 1.17. The van der Waals surface area contributed by atoms with Crippen molar-refractivity contribution in [3.63, 3.8) is 0 Å². The fraction of sp³-hybridized carbons (Fsp3) is 0.400. The molecule has 0 aliphatic carbocycles. The van der Waals surface area contributed by atoms with E-state index in [4.69, 9.17) is 5.11 Å². The highest BCUT2D eigenvalue weighted by atomic mass is 16.6. The summed E-state index contributed by atoms with van der Waals surface area (Å²) in [6, 6.07) is 0. The molecule has 0 unspecified atom stereocenters. The van der Waals surface area contributed by atoms with Gasteiger partial charge in [0.15, 0.2) is 0 Å². The number of aliphatic hydroxyl groups is 1. The smallest absolute Gasteiger partial charge is 0.340 e. The van der Waals surface area contributed by atoms with Crippen LogP contribution < -0.4 is 0 Å². The first-order chi connectivity index (χ1) is 5.11. The average Bonchev–Trinajstić information content (AvgIpc) is 2.33. The molecule has 6 heteroatoms. The van der Waals surface area contributed by atoms with Crippen LogP contribution >= 0.6 is 0 Å². The molecule has 0 spiro atoms. The summed E-state index contributed by atoms with van der Waals surface area (Å²) >= 11 is 0. The van der Waals surface area contributed by atoms with Crippen molar-refractivity contribution >= 4 is 5.82 Å². The van der Waals surface area contributed by atoms with Gasteiger partial charge in [-0.1, -0.05) is 0 Å². The minimum atomic E-state index is -0.802. The molecule has 6 nitrogen and oxygen atoms in total. The number of imidazole rings is 1. The summed E-state index contributed by atoms with van der Waals surface area (Å²) < 4.78 is 0. The summed E-state index contributed by atoms with van der Waals surface area (Å²) in [4.78, 5) is 15.4. The zero-order chi connectivity index (χ0) is 8.43. The Kier molecular flexibility index (Phi) is 1.86. The van der Waals surface area contributed by atoms with E-state index in [2.05, 4.69) is 9.97 Å². The van der Waals surface area contributed by atoms with Crippen molar-refractivity contribution in [2.24, 2.45) is 0 Å². The van der Waals surface area contributed by atoms with Crippen molar-refractivity contribution in [2.45, 2.75) is 13.0 Å². The van der Waals surface area contributed by atoms with Crippen LogP contribution in [0.1, 0.15) is 18.9 Å². The van der Waals surface area contributed by atoms with Gasteiger partial charge >= 0.3 is 5.82 Å². The maximum absolute atomic E-state index is 10.1. The zero-order valence-electron chi connectivity index (χ0n) is 5.81. The molecular formula is C5H7N3O3. The molecule has 60 valence electrons. The van der Waals surface area contributed by atoms with Gasteiger partial charge in [-0.15, -0.1) is 0 Å². The summed E-state index contributed by atoms with van der Waals surface area (Å²) in [5.41, 5.74) is 0. The van der Waals surface area contributed by atoms with Crippen LogP contribution in [-0.2, 0) is 0 Å². The van der Waals surface area contributed by atoms with Crippen molar-refractivity contribution in [3.05, 3.63) is 22.1 Å². The van der Waals surface area contributed by atoms with Crippen LogP contribution in [0.4, 0.5) is 5.82 Å². The molecule has 0 aromatic carbocycles. The Hall–Kier alpha value is -1.43. The number of nitrogens with one attached hydrogen (secondary N) is 1. The molecule has 0 radical (unpaired) electrons. The Morgan fingerprint density at radius 1 is 1.91 bits per heavy atom. The SMILES string of the molecule is C[C@H](O)c1ncc([N+](=O)[O-])[nH]1. The maximum atomic E-state index is 10.1. The second kappa shape index (κ2) is 2.67. The van der Waals surface area contributed by atoms with E-state index in [1.54, 1.807) is 0 Å². The topological polar surface area (TPSA) is 92.1 Å². The van der Waals surface area contributed by atoms with Crippen LogP contribution in [0.5, 0.6) is 0 Å². The predicted octanol–water partition coefficient (Wildman–Crippen LogP) is 0.371. The molecule has 0 saturated carbocycles. The Morgan fingerprint density at radius 3 is 2.82 bits per heavy atom. The fourth-order valence-corrected chi connectivity index (χ4v) is 0.632. The van der Waals surface area contributed by atoms with Crippen LogP contribution in [0.15, 0.2) is 6.20 Å². The third-order valence-corrected chi connectivity index (χ3v) is 1.17. The van der Waals surface area contributed by atoms with Gasteiger partial charge in [0.05, 0.1) is 0 Å². The molecule has 11 heavy (non-hydrogen) atoms. The summed E-state index contributed by atoms with van der Waals surface area (Å²) in [6.07, 6.45) is 0.269. The van der Waals surface area contributed by atoms with Crippen LogP contribution in [0.2, 0.25) is 0 Å². The summed E-state index contributed by atoms with van der Waals surface area (Å²) in [7, 11) is 0. The number of nitro groups is 1. The lowest BCUT2D eigenvalue weighted by Gasteiger charge is -1.91. The first-order valence-corrected chi connectivity index (χ1v) is 2.98. The number of H-pyrrole nitrogens is 1. The van der Waals surface area contributed by atoms with Crippen molar-refractivity contribution in [1.29, 1.82) is 0 Å². The highest BCUT2D eigenvalue weighted by Crippen LogP contribution is 2.11. The van der Waals surface area contributed by atoms with Gasteiger partial charge in [0.25, 0.3) is 0 Å². The lowest BCUT2D eigenvalue weighted by molar-refractivity contribution is -0.389. The van der Waals surface area contributed by atoms with E-state index >= 15 is 0 Å². The van der Waals surface area contributed by atoms with E-state index < -0.39 is 11.0 Å². The van der Waals surface area contributed by atoms with E-state index in [0.29, 0.717) is 0 Å². The molecule has 0 bridgehead atoms. The molecule has 1 aromatic rings. The molecule has 1 atom stereocenters. The van der Waals surface area contributed by atoms with Crippen molar-refractivity contribution < 1.29 is 10.0 Å². The Balaban J connectivity index is 2.90. The third kappa shape index (κ3) is 1.53. The van der Waals surface area contributed by atoms with E-state index in [1.807, 2.05) is 0 Å². The van der Waals surface area contributed by atoms with Gasteiger partial charge in [0.2, 0.25) is 5.82 Å². The van der Waals surface area contributed by atoms with Gasteiger partial charge in [-0.2, -0.15) is 0 Å². The monoisotopic (exact) mass is 157 g/mol. The largest absolute Gasteiger partial charge is 0.383 e. The molecular weight excluding hydrogens is 150 g/mol. The first-order valence-electron chi connectivity index (χ1n) is 2.98. The molecule has 0 saturated heterocycles. The molecule has 0 fully saturated rings. The predicted molar refractivity (Wildman–Crippen MR) is 35.9 cm³/mol. The Bertz CT molecular complexity index is 268. The standard InChI is InChI=1S/C5H7N3O3/c1-3(9)5-6-2-4(7-5)8(10)11/h2-3,9H,1H3,(H,6,7)/t3-/m0/s1. The lowest BCUT2D eigenvalue weighted by atomic mass is 10.4. The van der Waals surface area contributed by atoms with Crippen LogP contribution in [-0.4, -0.2) is 20.0 Å². The van der Waals surface area contributed by atoms with Gasteiger partial charge in [0.1, 0.15) is 12.3 Å². The number of aliphatic hydroxyl groups excluding tert-OH is 1. The quantitative estimate of drug-likeness (QED) is 0.479. The zero-order valence-corrected chi connectivity index (χ0v) is 5.81. The van der Waals surface area contributed by atoms with Gasteiger partial charge in [-0.05, 0) is 11.8 Å². The highest BCUT2D eigenvalue weighted by molar-refractivity contribution is 5.15. The molecule has 0 aliphatic heterocycles. The first kappa shape index (κ1) is 7.67. The molecule has 0 aliphatic rings. The number of aromatic amines is 1. The van der Waals surface area contributed by atoms with Gasteiger partial charge in [-0.3, -0.25) is 0 Å². The minimum Gasteiger partial charge on any atom is -0.383 e. The number of hydrogen-bond donors (Lipinski definition) is 2. The molecule has 1 aromatic heterocycles. The summed E-state index contributed by atoms with van der Waals surface area (Å²) in [5.74, 6) is -0.00222. The molecule has 2 N–H and O–H groups in total.